The van der Waals surface area contributed by atoms with Crippen molar-refractivity contribution in [2.75, 3.05) is 12.9 Å². The van der Waals surface area contributed by atoms with Gasteiger partial charge in [0.25, 0.3) is 0 Å². The Morgan fingerprint density at radius 1 is 1.25 bits per heavy atom. The van der Waals surface area contributed by atoms with Gasteiger partial charge in [-0.05, 0) is 31.2 Å². The number of benzene rings is 1. The lowest BCUT2D eigenvalue weighted by molar-refractivity contribution is 0.101. The van der Waals surface area contributed by atoms with Gasteiger partial charge in [0.15, 0.2) is 22.5 Å². The Hall–Kier alpha value is -2.54. The Labute approximate surface area is 143 Å². The van der Waals surface area contributed by atoms with E-state index in [2.05, 4.69) is 10.2 Å². The predicted octanol–water partition coefficient (Wildman–Crippen LogP) is 3.54. The highest BCUT2D eigenvalue weighted by Gasteiger charge is 2.18. The molecule has 2 aromatic heterocycles. The van der Waals surface area contributed by atoms with Crippen LogP contribution in [-0.2, 0) is 6.54 Å². The highest BCUT2D eigenvalue weighted by molar-refractivity contribution is 7.99. The van der Waals surface area contributed by atoms with Crippen molar-refractivity contribution in [2.24, 2.45) is 0 Å². The number of hydrogen-bond acceptors (Lipinski definition) is 6. The maximum atomic E-state index is 12.5. The summed E-state index contributed by atoms with van der Waals surface area (Å²) in [5.41, 5.74) is 0.571. The molecule has 0 radical (unpaired) electrons. The van der Waals surface area contributed by atoms with Crippen LogP contribution in [0.25, 0.3) is 11.6 Å². The molecule has 0 bridgehead atoms. The first-order chi connectivity index (χ1) is 11.7. The number of hydrogen-bond donors (Lipinski definition) is 0. The van der Waals surface area contributed by atoms with E-state index in [1.54, 1.807) is 25.5 Å². The lowest BCUT2D eigenvalue weighted by Crippen LogP contribution is -2.06. The Balaban J connectivity index is 1.76. The largest absolute Gasteiger partial charge is 0.496 e. The molecule has 1 aromatic carbocycles. The number of Topliss-reactive ketones (excluding diaryl/α,β-unsaturated/α-hetero) is 1. The van der Waals surface area contributed by atoms with Crippen LogP contribution in [0.5, 0.6) is 5.75 Å². The fraction of sp³-hybridized carbons (Fsp3) is 0.235. The number of furan rings is 1. The van der Waals surface area contributed by atoms with Gasteiger partial charge in [0.1, 0.15) is 5.75 Å². The quantitative estimate of drug-likeness (QED) is 0.483. The van der Waals surface area contributed by atoms with E-state index in [9.17, 15) is 4.79 Å². The molecule has 0 amide bonds. The molecule has 0 aliphatic carbocycles. The lowest BCUT2D eigenvalue weighted by Gasteiger charge is -2.08. The molecule has 0 aliphatic heterocycles. The normalized spacial score (nSPS) is 10.8. The van der Waals surface area contributed by atoms with Gasteiger partial charge in [0, 0.05) is 6.54 Å². The minimum absolute atomic E-state index is 0.0114. The molecule has 0 aliphatic rings. The summed E-state index contributed by atoms with van der Waals surface area (Å²) in [6, 6.07) is 10.9. The van der Waals surface area contributed by atoms with Crippen molar-refractivity contribution in [2.45, 2.75) is 18.6 Å². The summed E-state index contributed by atoms with van der Waals surface area (Å²) in [6.45, 7) is 2.69. The molecule has 7 heteroatoms. The van der Waals surface area contributed by atoms with Crippen LogP contribution in [-0.4, -0.2) is 33.4 Å². The van der Waals surface area contributed by atoms with Crippen LogP contribution >= 0.6 is 11.8 Å². The SMILES string of the molecule is CCn1c(SCC(=O)c2ccccc2OC)nnc1-c1ccco1. The monoisotopic (exact) mass is 343 g/mol. The molecule has 6 nitrogen and oxygen atoms in total. The zero-order valence-corrected chi connectivity index (χ0v) is 14.2. The van der Waals surface area contributed by atoms with Crippen LogP contribution in [0.2, 0.25) is 0 Å². The Morgan fingerprint density at radius 3 is 2.79 bits per heavy atom. The third-order valence-electron chi connectivity index (χ3n) is 3.51. The number of thioether (sulfide) groups is 1. The van der Waals surface area contributed by atoms with E-state index in [0.717, 1.165) is 0 Å². The summed E-state index contributed by atoms with van der Waals surface area (Å²) < 4.78 is 12.6. The molecule has 3 aromatic rings. The van der Waals surface area contributed by atoms with E-state index in [0.29, 0.717) is 34.6 Å². The second-order valence-corrected chi connectivity index (χ2v) is 5.88. The summed E-state index contributed by atoms with van der Waals surface area (Å²) in [5.74, 6) is 2.15. The number of aromatic nitrogens is 3. The van der Waals surface area contributed by atoms with Crippen LogP contribution in [0, 0.1) is 0 Å². The smallest absolute Gasteiger partial charge is 0.200 e. The molecular formula is C17H17N3O3S. The Morgan fingerprint density at radius 2 is 2.08 bits per heavy atom. The molecule has 0 saturated carbocycles. The van der Waals surface area contributed by atoms with E-state index < -0.39 is 0 Å². The van der Waals surface area contributed by atoms with Crippen LogP contribution < -0.4 is 4.74 Å². The van der Waals surface area contributed by atoms with E-state index in [4.69, 9.17) is 9.15 Å². The van der Waals surface area contributed by atoms with Crippen LogP contribution in [0.15, 0.2) is 52.2 Å². The first-order valence-corrected chi connectivity index (χ1v) is 8.49. The number of methoxy groups -OCH3 is 1. The molecular weight excluding hydrogens is 326 g/mol. The van der Waals surface area contributed by atoms with Crippen LogP contribution in [0.4, 0.5) is 0 Å². The molecule has 3 rings (SSSR count). The van der Waals surface area contributed by atoms with Gasteiger partial charge in [-0.25, -0.2) is 0 Å². The summed E-state index contributed by atoms with van der Waals surface area (Å²) in [4.78, 5) is 12.5. The van der Waals surface area contributed by atoms with E-state index in [-0.39, 0.29) is 11.5 Å². The van der Waals surface area contributed by atoms with Gasteiger partial charge in [-0.3, -0.25) is 9.36 Å². The predicted molar refractivity (Wildman–Crippen MR) is 91.4 cm³/mol. The second kappa shape index (κ2) is 7.35. The lowest BCUT2D eigenvalue weighted by atomic mass is 10.1. The van der Waals surface area contributed by atoms with Gasteiger partial charge in [-0.2, -0.15) is 0 Å². The first-order valence-electron chi connectivity index (χ1n) is 7.50. The van der Waals surface area contributed by atoms with Crippen molar-refractivity contribution in [1.82, 2.24) is 14.8 Å². The molecule has 0 unspecified atom stereocenters. The van der Waals surface area contributed by atoms with E-state index >= 15 is 0 Å². The molecule has 2 heterocycles. The summed E-state index contributed by atoms with van der Waals surface area (Å²) in [6.07, 6.45) is 1.60. The molecule has 0 saturated heterocycles. The van der Waals surface area contributed by atoms with Gasteiger partial charge in [0.2, 0.25) is 0 Å². The maximum Gasteiger partial charge on any atom is 0.200 e. The van der Waals surface area contributed by atoms with Gasteiger partial charge in [-0.1, -0.05) is 23.9 Å². The van der Waals surface area contributed by atoms with Crippen molar-refractivity contribution in [3.63, 3.8) is 0 Å². The van der Waals surface area contributed by atoms with Crippen LogP contribution in [0.3, 0.4) is 0 Å². The zero-order valence-electron chi connectivity index (χ0n) is 13.4. The fourth-order valence-corrected chi connectivity index (χ4v) is 3.24. The number of ketones is 1. The zero-order chi connectivity index (χ0) is 16.9. The summed E-state index contributed by atoms with van der Waals surface area (Å²) >= 11 is 1.35. The fourth-order valence-electron chi connectivity index (χ4n) is 2.35. The number of ether oxygens (including phenoxy) is 1. The van der Waals surface area contributed by atoms with Crippen molar-refractivity contribution in [3.05, 3.63) is 48.2 Å². The highest BCUT2D eigenvalue weighted by Crippen LogP contribution is 2.26. The summed E-state index contributed by atoms with van der Waals surface area (Å²) in [7, 11) is 1.56. The average molecular weight is 343 g/mol. The van der Waals surface area contributed by atoms with E-state index in [1.165, 1.54) is 11.8 Å². The minimum atomic E-state index is -0.0114. The molecule has 24 heavy (non-hydrogen) atoms. The number of carbonyl (C=O) groups is 1. The van der Waals surface area contributed by atoms with Crippen molar-refractivity contribution in [3.8, 4) is 17.3 Å². The topological polar surface area (TPSA) is 70.2 Å². The molecule has 0 fully saturated rings. The number of nitrogens with zero attached hydrogens (tertiary/aromatic N) is 3. The average Bonchev–Trinajstić information content (AvgIpc) is 3.28. The van der Waals surface area contributed by atoms with Crippen molar-refractivity contribution >= 4 is 17.5 Å². The molecule has 124 valence electrons. The maximum absolute atomic E-state index is 12.5. The second-order valence-electron chi connectivity index (χ2n) is 4.94. The minimum Gasteiger partial charge on any atom is -0.496 e. The third-order valence-corrected chi connectivity index (χ3v) is 4.48. The molecule has 0 N–H and O–H groups in total. The standard InChI is InChI=1S/C17H17N3O3S/c1-3-20-16(15-9-6-10-23-15)18-19-17(20)24-11-13(21)12-7-4-5-8-14(12)22-2/h4-10H,3,11H2,1-2H3. The van der Waals surface area contributed by atoms with Crippen LogP contribution in [0.1, 0.15) is 17.3 Å². The number of carbonyl (C=O) groups excluding carboxylic acids is 1. The van der Waals surface area contributed by atoms with Crippen molar-refractivity contribution < 1.29 is 13.9 Å². The van der Waals surface area contributed by atoms with E-state index in [1.807, 2.05) is 35.8 Å². The Bertz CT molecular complexity index is 827. The Kier molecular flexibility index (Phi) is 5.00. The van der Waals surface area contributed by atoms with Gasteiger partial charge in [-0.15, -0.1) is 10.2 Å². The van der Waals surface area contributed by atoms with Crippen molar-refractivity contribution in [1.29, 1.82) is 0 Å². The number of para-hydroxylation sites is 1. The van der Waals surface area contributed by atoms with Gasteiger partial charge >= 0.3 is 0 Å². The summed E-state index contributed by atoms with van der Waals surface area (Å²) in [5, 5.41) is 9.05. The highest BCUT2D eigenvalue weighted by atomic mass is 32.2. The van der Waals surface area contributed by atoms with Gasteiger partial charge in [0.05, 0.1) is 24.7 Å². The van der Waals surface area contributed by atoms with Gasteiger partial charge < -0.3 is 9.15 Å². The molecule has 0 atom stereocenters. The number of rotatable bonds is 7. The third kappa shape index (κ3) is 3.21. The molecule has 0 spiro atoms. The first kappa shape index (κ1) is 16.3.